The van der Waals surface area contributed by atoms with E-state index in [0.29, 0.717) is 10.8 Å². The molecule has 1 heterocycles. The monoisotopic (exact) mass is 290 g/mol. The molecule has 1 atom stereocenters. The van der Waals surface area contributed by atoms with Gasteiger partial charge in [-0.05, 0) is 24.7 Å². The van der Waals surface area contributed by atoms with Crippen LogP contribution in [0.1, 0.15) is 37.3 Å². The predicted molar refractivity (Wildman–Crippen MR) is 88.3 cm³/mol. The van der Waals surface area contributed by atoms with E-state index < -0.39 is 0 Å². The van der Waals surface area contributed by atoms with Crippen LogP contribution in [-0.2, 0) is 0 Å². The smallest absolute Gasteiger partial charge is 0.0473 e. The molecule has 1 aromatic carbocycles. The molecule has 1 saturated carbocycles. The van der Waals surface area contributed by atoms with Crippen LogP contribution in [0.2, 0.25) is 0 Å². The summed E-state index contributed by atoms with van der Waals surface area (Å²) < 4.78 is 0.518. The van der Waals surface area contributed by atoms with Crippen molar-refractivity contribution in [1.29, 1.82) is 0 Å². The highest BCUT2D eigenvalue weighted by atomic mass is 32.2. The van der Waals surface area contributed by atoms with Gasteiger partial charge in [-0.1, -0.05) is 43.2 Å². The van der Waals surface area contributed by atoms with Gasteiger partial charge in [-0.2, -0.15) is 11.8 Å². The Morgan fingerprint density at radius 2 is 2.00 bits per heavy atom. The molecule has 20 heavy (non-hydrogen) atoms. The van der Waals surface area contributed by atoms with Crippen molar-refractivity contribution >= 4 is 11.8 Å². The van der Waals surface area contributed by atoms with E-state index in [2.05, 4.69) is 58.6 Å². The van der Waals surface area contributed by atoms with Crippen LogP contribution in [0.15, 0.2) is 30.3 Å². The Kier molecular flexibility index (Phi) is 4.69. The minimum absolute atomic E-state index is 0.518. The fourth-order valence-corrected chi connectivity index (χ4v) is 4.75. The first kappa shape index (κ1) is 14.4. The molecule has 3 rings (SSSR count). The maximum Gasteiger partial charge on any atom is 0.0473 e. The molecule has 110 valence electrons. The molecule has 1 aromatic rings. The van der Waals surface area contributed by atoms with Gasteiger partial charge in [0.05, 0.1) is 0 Å². The summed E-state index contributed by atoms with van der Waals surface area (Å²) in [6, 6.07) is 11.6. The van der Waals surface area contributed by atoms with Gasteiger partial charge in [0.25, 0.3) is 0 Å². The van der Waals surface area contributed by atoms with E-state index in [1.54, 1.807) is 0 Å². The molecule has 1 aliphatic heterocycles. The highest BCUT2D eigenvalue weighted by Gasteiger charge is 2.37. The van der Waals surface area contributed by atoms with Crippen molar-refractivity contribution in [3.8, 4) is 0 Å². The summed E-state index contributed by atoms with van der Waals surface area (Å²) in [5.41, 5.74) is 1.47. The number of rotatable bonds is 4. The highest BCUT2D eigenvalue weighted by molar-refractivity contribution is 8.00. The average molecular weight is 290 g/mol. The Hall–Kier alpha value is -0.510. The summed E-state index contributed by atoms with van der Waals surface area (Å²) in [5, 5.41) is 3.57. The molecule has 1 saturated heterocycles. The lowest BCUT2D eigenvalue weighted by molar-refractivity contribution is 0.146. The van der Waals surface area contributed by atoms with Gasteiger partial charge in [0.15, 0.2) is 0 Å². The van der Waals surface area contributed by atoms with E-state index in [1.165, 1.54) is 44.3 Å². The van der Waals surface area contributed by atoms with Gasteiger partial charge < -0.3 is 5.32 Å². The molecule has 1 unspecified atom stereocenters. The van der Waals surface area contributed by atoms with Crippen LogP contribution >= 0.6 is 11.8 Å². The second kappa shape index (κ2) is 6.50. The lowest BCUT2D eigenvalue weighted by Gasteiger charge is -2.42. The summed E-state index contributed by atoms with van der Waals surface area (Å²) in [5.74, 6) is 0. The van der Waals surface area contributed by atoms with Gasteiger partial charge in [-0.25, -0.2) is 0 Å². The van der Waals surface area contributed by atoms with Crippen LogP contribution in [0.4, 0.5) is 0 Å². The van der Waals surface area contributed by atoms with Crippen LogP contribution < -0.4 is 5.32 Å². The Morgan fingerprint density at radius 1 is 1.25 bits per heavy atom. The zero-order valence-corrected chi connectivity index (χ0v) is 13.3. The summed E-state index contributed by atoms with van der Waals surface area (Å²) >= 11 is 2.11. The second-order valence-electron chi connectivity index (χ2n) is 6.20. The first-order chi connectivity index (χ1) is 9.83. The fraction of sp³-hybridized carbons (Fsp3) is 0.647. The van der Waals surface area contributed by atoms with Crippen molar-refractivity contribution in [3.05, 3.63) is 35.9 Å². The van der Waals surface area contributed by atoms with E-state index in [0.717, 1.165) is 13.1 Å². The van der Waals surface area contributed by atoms with Crippen molar-refractivity contribution in [1.82, 2.24) is 10.2 Å². The third-order valence-corrected chi connectivity index (χ3v) is 6.38. The van der Waals surface area contributed by atoms with Gasteiger partial charge in [0.2, 0.25) is 0 Å². The number of nitrogens with zero attached hydrogens (tertiary/aromatic N) is 1. The molecule has 2 nitrogen and oxygen atoms in total. The topological polar surface area (TPSA) is 15.3 Å². The molecule has 1 N–H and O–H groups in total. The van der Waals surface area contributed by atoms with E-state index >= 15 is 0 Å². The molecule has 3 heteroatoms. The van der Waals surface area contributed by atoms with Crippen molar-refractivity contribution in [2.24, 2.45) is 0 Å². The minimum atomic E-state index is 0.518. The number of piperazine rings is 1. The van der Waals surface area contributed by atoms with Crippen LogP contribution in [0.25, 0.3) is 0 Å². The summed E-state index contributed by atoms with van der Waals surface area (Å²) in [6.45, 7) is 4.67. The maximum absolute atomic E-state index is 3.57. The Balaban J connectivity index is 1.75. The normalized spacial score (nSPS) is 26.8. The number of hydrogen-bond donors (Lipinski definition) is 1. The summed E-state index contributed by atoms with van der Waals surface area (Å²) in [7, 11) is 0. The largest absolute Gasteiger partial charge is 0.314 e. The number of hydrogen-bond acceptors (Lipinski definition) is 3. The lowest BCUT2D eigenvalue weighted by Crippen LogP contribution is -2.50. The first-order valence-corrected chi connectivity index (χ1v) is 9.10. The van der Waals surface area contributed by atoms with Crippen molar-refractivity contribution < 1.29 is 0 Å². The minimum Gasteiger partial charge on any atom is -0.314 e. The quantitative estimate of drug-likeness (QED) is 0.916. The average Bonchev–Trinajstić information content (AvgIpc) is 2.98. The number of benzene rings is 1. The SMILES string of the molecule is CSC1(CN2CCNCC2c2ccccc2)CCCC1. The zero-order chi connectivity index (χ0) is 13.8. The van der Waals surface area contributed by atoms with Gasteiger partial charge in [-0.15, -0.1) is 0 Å². The van der Waals surface area contributed by atoms with E-state index in [-0.39, 0.29) is 0 Å². The molecular formula is C17H26N2S. The van der Waals surface area contributed by atoms with Crippen molar-refractivity contribution in [3.63, 3.8) is 0 Å². The Morgan fingerprint density at radius 3 is 2.70 bits per heavy atom. The Labute approximate surface area is 127 Å². The van der Waals surface area contributed by atoms with Gasteiger partial charge in [-0.3, -0.25) is 4.90 Å². The van der Waals surface area contributed by atoms with Gasteiger partial charge in [0, 0.05) is 37.0 Å². The third-order valence-electron chi connectivity index (χ3n) is 4.98. The molecule has 2 aliphatic rings. The second-order valence-corrected chi connectivity index (χ2v) is 7.47. The zero-order valence-electron chi connectivity index (χ0n) is 12.5. The van der Waals surface area contributed by atoms with E-state index in [9.17, 15) is 0 Å². The van der Waals surface area contributed by atoms with Gasteiger partial charge in [0.1, 0.15) is 0 Å². The van der Waals surface area contributed by atoms with Crippen LogP contribution in [0.3, 0.4) is 0 Å². The molecule has 0 spiro atoms. The molecule has 1 aliphatic carbocycles. The number of nitrogens with one attached hydrogen (secondary N) is 1. The molecule has 0 bridgehead atoms. The predicted octanol–water partition coefficient (Wildman–Crippen LogP) is 3.31. The standard InChI is InChI=1S/C17H26N2S/c1-20-17(9-5-6-10-17)14-19-12-11-18-13-16(19)15-7-3-2-4-8-15/h2-4,7-8,16,18H,5-6,9-14H2,1H3. The molecule has 0 amide bonds. The molecular weight excluding hydrogens is 264 g/mol. The third kappa shape index (κ3) is 3.05. The van der Waals surface area contributed by atoms with E-state index in [4.69, 9.17) is 0 Å². The summed E-state index contributed by atoms with van der Waals surface area (Å²) in [6.07, 6.45) is 7.95. The first-order valence-electron chi connectivity index (χ1n) is 7.88. The highest BCUT2D eigenvalue weighted by Crippen LogP contribution is 2.42. The van der Waals surface area contributed by atoms with Crippen molar-refractivity contribution in [2.75, 3.05) is 32.4 Å². The van der Waals surface area contributed by atoms with E-state index in [1.807, 2.05) is 0 Å². The van der Waals surface area contributed by atoms with Crippen LogP contribution in [0, 0.1) is 0 Å². The van der Waals surface area contributed by atoms with Crippen LogP contribution in [0.5, 0.6) is 0 Å². The molecule has 0 aromatic heterocycles. The van der Waals surface area contributed by atoms with Gasteiger partial charge >= 0.3 is 0 Å². The van der Waals surface area contributed by atoms with Crippen molar-refractivity contribution in [2.45, 2.75) is 36.5 Å². The molecule has 2 fully saturated rings. The summed E-state index contributed by atoms with van der Waals surface area (Å²) in [4.78, 5) is 2.73. The van der Waals surface area contributed by atoms with Crippen LogP contribution in [-0.4, -0.2) is 42.1 Å². The molecule has 0 radical (unpaired) electrons. The maximum atomic E-state index is 3.57. The lowest BCUT2D eigenvalue weighted by atomic mass is 9.99. The Bertz CT molecular complexity index is 414. The number of thioether (sulfide) groups is 1. The fourth-order valence-electron chi connectivity index (χ4n) is 3.76.